The number of carboxylic acid groups (broad SMARTS) is 1. The summed E-state index contributed by atoms with van der Waals surface area (Å²) in [4.78, 5) is 21.1. The molecule has 1 heterocycles. The van der Waals surface area contributed by atoms with Crippen LogP contribution in [0.15, 0.2) is 0 Å². The van der Waals surface area contributed by atoms with Crippen molar-refractivity contribution in [3.63, 3.8) is 0 Å². The Labute approximate surface area is 69.7 Å². The number of nitrogens with one attached hydrogen (secondary N) is 1. The lowest BCUT2D eigenvalue weighted by Crippen LogP contribution is -2.43. The van der Waals surface area contributed by atoms with Crippen LogP contribution < -0.4 is 5.32 Å². The van der Waals surface area contributed by atoms with Crippen LogP contribution in [0.25, 0.3) is 0 Å². The maximum atomic E-state index is 10.6. The van der Waals surface area contributed by atoms with E-state index in [0.717, 1.165) is 0 Å². The first-order chi connectivity index (χ1) is 5.61. The molecule has 0 saturated carbocycles. The summed E-state index contributed by atoms with van der Waals surface area (Å²) in [6.45, 7) is 1.75. The Hall–Kier alpha value is -1.10. The van der Waals surface area contributed by atoms with Gasteiger partial charge in [0.2, 0.25) is 5.91 Å². The standard InChI is InChI=1S/C7H11NO4/c1-4(9)8-5-2-3-12-6(5)7(10)11/h5-6H,2-3H2,1H3,(H,8,9)(H,10,11)/t5-,6+/m1/s1. The minimum absolute atomic E-state index is 0.225. The molecule has 0 aromatic rings. The van der Waals surface area contributed by atoms with Gasteiger partial charge >= 0.3 is 5.97 Å². The second-order valence-corrected chi connectivity index (χ2v) is 2.73. The number of amides is 1. The SMILES string of the molecule is CC(=O)N[C@@H]1CCO[C@@H]1C(=O)O. The van der Waals surface area contributed by atoms with Crippen LogP contribution in [0.2, 0.25) is 0 Å². The van der Waals surface area contributed by atoms with Crippen molar-refractivity contribution in [2.45, 2.75) is 25.5 Å². The van der Waals surface area contributed by atoms with Gasteiger partial charge in [-0.05, 0) is 6.42 Å². The van der Waals surface area contributed by atoms with E-state index in [-0.39, 0.29) is 11.9 Å². The van der Waals surface area contributed by atoms with E-state index in [1.807, 2.05) is 0 Å². The molecule has 1 amide bonds. The van der Waals surface area contributed by atoms with Gasteiger partial charge in [0.15, 0.2) is 6.10 Å². The molecule has 1 aliphatic heterocycles. The van der Waals surface area contributed by atoms with E-state index in [0.29, 0.717) is 13.0 Å². The predicted octanol–water partition coefficient (Wildman–Crippen LogP) is -0.635. The van der Waals surface area contributed by atoms with Crippen LogP contribution in [0.5, 0.6) is 0 Å². The molecular formula is C7H11NO4. The third-order valence-corrected chi connectivity index (χ3v) is 1.72. The van der Waals surface area contributed by atoms with Crippen LogP contribution in [-0.4, -0.2) is 35.7 Å². The molecule has 0 bridgehead atoms. The van der Waals surface area contributed by atoms with Crippen LogP contribution >= 0.6 is 0 Å². The van der Waals surface area contributed by atoms with Gasteiger partial charge in [0.1, 0.15) is 0 Å². The molecule has 0 spiro atoms. The van der Waals surface area contributed by atoms with Gasteiger partial charge < -0.3 is 15.2 Å². The van der Waals surface area contributed by atoms with Crippen LogP contribution in [0, 0.1) is 0 Å². The lowest BCUT2D eigenvalue weighted by atomic mass is 10.1. The molecule has 1 fully saturated rings. The second kappa shape index (κ2) is 3.53. The molecule has 12 heavy (non-hydrogen) atoms. The molecule has 2 atom stereocenters. The highest BCUT2D eigenvalue weighted by Crippen LogP contribution is 2.13. The van der Waals surface area contributed by atoms with Gasteiger partial charge in [0.25, 0.3) is 0 Å². The molecule has 1 rings (SSSR count). The molecule has 1 aliphatic rings. The second-order valence-electron chi connectivity index (χ2n) is 2.73. The fourth-order valence-corrected chi connectivity index (χ4v) is 1.24. The Morgan fingerprint density at radius 3 is 2.75 bits per heavy atom. The molecule has 0 radical (unpaired) electrons. The summed E-state index contributed by atoms with van der Waals surface area (Å²) < 4.78 is 4.91. The Morgan fingerprint density at radius 2 is 2.25 bits per heavy atom. The molecule has 0 unspecified atom stereocenters. The van der Waals surface area contributed by atoms with E-state index in [1.54, 1.807) is 0 Å². The van der Waals surface area contributed by atoms with Gasteiger partial charge in [-0.1, -0.05) is 0 Å². The van der Waals surface area contributed by atoms with Gasteiger partial charge in [-0.2, -0.15) is 0 Å². The molecule has 0 aromatic heterocycles. The molecule has 68 valence electrons. The highest BCUT2D eigenvalue weighted by molar-refractivity contribution is 5.77. The van der Waals surface area contributed by atoms with E-state index in [4.69, 9.17) is 9.84 Å². The molecular weight excluding hydrogens is 162 g/mol. The number of carboxylic acids is 1. The van der Waals surface area contributed by atoms with E-state index in [1.165, 1.54) is 6.92 Å². The zero-order valence-electron chi connectivity index (χ0n) is 6.74. The largest absolute Gasteiger partial charge is 0.479 e. The third kappa shape index (κ3) is 1.94. The number of rotatable bonds is 2. The van der Waals surface area contributed by atoms with Crippen molar-refractivity contribution in [3.05, 3.63) is 0 Å². The van der Waals surface area contributed by atoms with Crippen molar-refractivity contribution in [3.8, 4) is 0 Å². The van der Waals surface area contributed by atoms with E-state index >= 15 is 0 Å². The number of hydrogen-bond donors (Lipinski definition) is 2. The normalized spacial score (nSPS) is 28.4. The summed E-state index contributed by atoms with van der Waals surface area (Å²) >= 11 is 0. The summed E-state index contributed by atoms with van der Waals surface area (Å²) in [6.07, 6.45) is -0.315. The first-order valence-corrected chi connectivity index (χ1v) is 3.73. The molecule has 1 saturated heterocycles. The van der Waals surface area contributed by atoms with Crippen molar-refractivity contribution in [2.75, 3.05) is 6.61 Å². The molecule has 2 N–H and O–H groups in total. The summed E-state index contributed by atoms with van der Waals surface area (Å²) in [7, 11) is 0. The molecule has 5 nitrogen and oxygen atoms in total. The van der Waals surface area contributed by atoms with E-state index in [2.05, 4.69) is 5.32 Å². The summed E-state index contributed by atoms with van der Waals surface area (Å²) in [5.74, 6) is -1.25. The van der Waals surface area contributed by atoms with Crippen molar-refractivity contribution >= 4 is 11.9 Å². The summed E-state index contributed by atoms with van der Waals surface area (Å²) in [5, 5.41) is 11.1. The smallest absolute Gasteiger partial charge is 0.334 e. The zero-order valence-corrected chi connectivity index (χ0v) is 6.74. The fourth-order valence-electron chi connectivity index (χ4n) is 1.24. The average Bonchev–Trinajstić information content (AvgIpc) is 2.33. The predicted molar refractivity (Wildman–Crippen MR) is 39.6 cm³/mol. The van der Waals surface area contributed by atoms with Crippen LogP contribution in [0.4, 0.5) is 0 Å². The van der Waals surface area contributed by atoms with Crippen molar-refractivity contribution in [1.82, 2.24) is 5.32 Å². The quantitative estimate of drug-likeness (QED) is 0.582. The Kier molecular flexibility index (Phi) is 2.65. The van der Waals surface area contributed by atoms with Crippen LogP contribution in [0.1, 0.15) is 13.3 Å². The van der Waals surface area contributed by atoms with Crippen molar-refractivity contribution in [2.24, 2.45) is 0 Å². The highest BCUT2D eigenvalue weighted by Gasteiger charge is 2.34. The number of carbonyl (C=O) groups excluding carboxylic acids is 1. The lowest BCUT2D eigenvalue weighted by Gasteiger charge is -2.14. The van der Waals surface area contributed by atoms with Crippen molar-refractivity contribution < 1.29 is 19.4 Å². The maximum Gasteiger partial charge on any atom is 0.334 e. The fraction of sp³-hybridized carbons (Fsp3) is 0.714. The minimum atomic E-state index is -1.02. The Balaban J connectivity index is 2.52. The number of hydrogen-bond acceptors (Lipinski definition) is 3. The topological polar surface area (TPSA) is 75.6 Å². The highest BCUT2D eigenvalue weighted by atomic mass is 16.5. The monoisotopic (exact) mass is 173 g/mol. The van der Waals surface area contributed by atoms with Crippen LogP contribution in [0.3, 0.4) is 0 Å². The summed E-state index contributed by atoms with van der Waals surface area (Å²) in [5.41, 5.74) is 0. The Bertz CT molecular complexity index is 204. The zero-order chi connectivity index (χ0) is 9.14. The van der Waals surface area contributed by atoms with Crippen molar-refractivity contribution in [1.29, 1.82) is 0 Å². The summed E-state index contributed by atoms with van der Waals surface area (Å²) in [6, 6.07) is -0.375. The third-order valence-electron chi connectivity index (χ3n) is 1.72. The van der Waals surface area contributed by atoms with Gasteiger partial charge in [0.05, 0.1) is 6.04 Å². The van der Waals surface area contributed by atoms with Gasteiger partial charge in [-0.3, -0.25) is 4.79 Å². The van der Waals surface area contributed by atoms with Gasteiger partial charge in [-0.25, -0.2) is 4.79 Å². The van der Waals surface area contributed by atoms with Gasteiger partial charge in [0, 0.05) is 13.5 Å². The molecule has 0 aromatic carbocycles. The van der Waals surface area contributed by atoms with Gasteiger partial charge in [-0.15, -0.1) is 0 Å². The Morgan fingerprint density at radius 1 is 1.58 bits per heavy atom. The van der Waals surface area contributed by atoms with E-state index in [9.17, 15) is 9.59 Å². The average molecular weight is 173 g/mol. The first kappa shape index (κ1) is 8.99. The maximum absolute atomic E-state index is 10.6. The molecule has 0 aliphatic carbocycles. The first-order valence-electron chi connectivity index (χ1n) is 3.73. The number of carbonyl (C=O) groups is 2. The van der Waals surface area contributed by atoms with Crippen LogP contribution in [-0.2, 0) is 14.3 Å². The van der Waals surface area contributed by atoms with E-state index < -0.39 is 12.1 Å². The number of ether oxygens (including phenoxy) is 1. The lowest BCUT2D eigenvalue weighted by molar-refractivity contribution is -0.148. The number of aliphatic carboxylic acids is 1. The molecule has 5 heteroatoms. The minimum Gasteiger partial charge on any atom is -0.479 e.